The molecule has 0 spiro atoms. The van der Waals surface area contributed by atoms with E-state index < -0.39 is 18.2 Å². The summed E-state index contributed by atoms with van der Waals surface area (Å²) in [5, 5.41) is 23.9. The van der Waals surface area contributed by atoms with Crippen LogP contribution >= 0.6 is 0 Å². The van der Waals surface area contributed by atoms with Crippen molar-refractivity contribution in [1.29, 1.82) is 0 Å². The maximum absolute atomic E-state index is 13.3. The number of aliphatic hydroxyl groups excluding tert-OH is 2. The smallest absolute Gasteiger partial charge is 0.306 e. The van der Waals surface area contributed by atoms with E-state index in [4.69, 9.17) is 4.74 Å². The Labute approximate surface area is 423 Å². The highest BCUT2D eigenvalue weighted by Crippen LogP contribution is 2.18. The van der Waals surface area contributed by atoms with Crippen LogP contribution in [0.3, 0.4) is 0 Å². The number of carbonyl (C=O) groups excluding carboxylic acids is 2. The molecule has 0 fully saturated rings. The lowest BCUT2D eigenvalue weighted by Gasteiger charge is -2.24. The van der Waals surface area contributed by atoms with Crippen molar-refractivity contribution in [3.05, 3.63) is 48.6 Å². The van der Waals surface area contributed by atoms with Gasteiger partial charge in [0.25, 0.3) is 0 Å². The van der Waals surface area contributed by atoms with Crippen LogP contribution in [0.5, 0.6) is 0 Å². The number of amides is 1. The Hall–Kier alpha value is -2.18. The first-order valence-corrected chi connectivity index (χ1v) is 29.9. The van der Waals surface area contributed by atoms with Gasteiger partial charge in [-0.2, -0.15) is 0 Å². The highest BCUT2D eigenvalue weighted by Gasteiger charge is 2.24. The molecule has 0 heterocycles. The van der Waals surface area contributed by atoms with Crippen molar-refractivity contribution in [2.24, 2.45) is 0 Å². The minimum absolute atomic E-state index is 0.0625. The lowest BCUT2D eigenvalue weighted by atomic mass is 10.0. The number of nitrogens with one attached hydrogen (secondary N) is 1. The molecule has 0 aliphatic carbocycles. The maximum Gasteiger partial charge on any atom is 0.306 e. The first kappa shape index (κ1) is 65.8. The van der Waals surface area contributed by atoms with E-state index in [-0.39, 0.29) is 24.9 Å². The Morgan fingerprint density at radius 2 is 0.750 bits per heavy atom. The fourth-order valence-electron chi connectivity index (χ4n) is 9.08. The molecule has 0 radical (unpaired) electrons. The number of unbranched alkanes of at least 4 members (excludes halogenated alkanes) is 34. The average molecular weight is 955 g/mol. The van der Waals surface area contributed by atoms with E-state index in [1.54, 1.807) is 0 Å². The molecule has 6 heteroatoms. The lowest BCUT2D eigenvalue weighted by Crippen LogP contribution is -2.46. The summed E-state index contributed by atoms with van der Waals surface area (Å²) >= 11 is 0. The Bertz CT molecular complexity index is 1160. The number of allylic oxidation sites excluding steroid dienone is 8. The molecule has 0 aliphatic heterocycles. The standard InChI is InChI=1S/C62H115NO5/c1-4-7-10-13-16-19-22-25-28-30-33-35-38-41-44-47-50-53-58(68-62(67)55-52-49-46-43-40-37-32-27-24-21-18-15-12-9-6-3)56-61(66)63-59(57-64)60(65)54-51-48-45-42-39-36-34-31-29-26-23-20-17-14-11-8-5-2/h16,19,21,24-25,28,33,35,58-60,64-65H,4-15,17-18,20,22-23,26-27,29-32,34,36-57H2,1-3H3,(H,63,66)/b19-16-,24-21-,28-25-,35-33-. The van der Waals surface area contributed by atoms with Gasteiger partial charge < -0.3 is 20.3 Å². The third-order valence-electron chi connectivity index (χ3n) is 13.6. The van der Waals surface area contributed by atoms with E-state index in [0.29, 0.717) is 19.3 Å². The summed E-state index contributed by atoms with van der Waals surface area (Å²) in [6.45, 7) is 6.47. The summed E-state index contributed by atoms with van der Waals surface area (Å²) in [6.07, 6.45) is 68.9. The molecular weight excluding hydrogens is 839 g/mol. The van der Waals surface area contributed by atoms with Crippen LogP contribution in [-0.2, 0) is 14.3 Å². The van der Waals surface area contributed by atoms with E-state index in [2.05, 4.69) is 74.7 Å². The fraction of sp³-hybridized carbons (Fsp3) is 0.839. The van der Waals surface area contributed by atoms with Gasteiger partial charge in [-0.05, 0) is 89.9 Å². The van der Waals surface area contributed by atoms with Gasteiger partial charge in [-0.3, -0.25) is 9.59 Å². The molecule has 68 heavy (non-hydrogen) atoms. The van der Waals surface area contributed by atoms with E-state index in [0.717, 1.165) is 83.5 Å². The van der Waals surface area contributed by atoms with E-state index >= 15 is 0 Å². The van der Waals surface area contributed by atoms with E-state index in [1.165, 1.54) is 180 Å². The van der Waals surface area contributed by atoms with Crippen molar-refractivity contribution in [1.82, 2.24) is 5.32 Å². The van der Waals surface area contributed by atoms with Crippen molar-refractivity contribution in [3.8, 4) is 0 Å². The van der Waals surface area contributed by atoms with Gasteiger partial charge >= 0.3 is 5.97 Å². The molecule has 0 aliphatic rings. The van der Waals surface area contributed by atoms with Crippen LogP contribution in [0.25, 0.3) is 0 Å². The molecule has 0 saturated heterocycles. The number of hydrogen-bond donors (Lipinski definition) is 3. The normalized spacial score (nSPS) is 13.4. The number of esters is 1. The molecule has 3 atom stereocenters. The Morgan fingerprint density at radius 1 is 0.426 bits per heavy atom. The molecule has 0 bridgehead atoms. The van der Waals surface area contributed by atoms with Crippen molar-refractivity contribution in [2.45, 2.75) is 328 Å². The molecular formula is C62H115NO5. The summed E-state index contributed by atoms with van der Waals surface area (Å²) < 4.78 is 5.96. The molecule has 1 amide bonds. The van der Waals surface area contributed by atoms with Gasteiger partial charge in [-0.15, -0.1) is 0 Å². The third kappa shape index (κ3) is 50.2. The first-order chi connectivity index (χ1) is 33.5. The zero-order valence-corrected chi connectivity index (χ0v) is 45.5. The predicted octanol–water partition coefficient (Wildman–Crippen LogP) is 18.6. The van der Waals surface area contributed by atoms with Gasteiger partial charge in [0, 0.05) is 6.42 Å². The molecule has 0 saturated carbocycles. The number of aliphatic hydroxyl groups is 2. The van der Waals surface area contributed by atoms with Gasteiger partial charge in [-0.1, -0.05) is 256 Å². The number of carbonyl (C=O) groups is 2. The highest BCUT2D eigenvalue weighted by molar-refractivity contribution is 5.77. The van der Waals surface area contributed by atoms with Crippen LogP contribution < -0.4 is 5.32 Å². The zero-order valence-electron chi connectivity index (χ0n) is 45.5. The Balaban J connectivity index is 4.58. The molecule has 0 aromatic carbocycles. The van der Waals surface area contributed by atoms with Gasteiger partial charge in [0.15, 0.2) is 0 Å². The maximum atomic E-state index is 13.3. The van der Waals surface area contributed by atoms with Crippen LogP contribution in [0.1, 0.15) is 310 Å². The monoisotopic (exact) mass is 954 g/mol. The van der Waals surface area contributed by atoms with E-state index in [9.17, 15) is 19.8 Å². The first-order valence-electron chi connectivity index (χ1n) is 29.9. The van der Waals surface area contributed by atoms with Gasteiger partial charge in [0.1, 0.15) is 6.10 Å². The third-order valence-corrected chi connectivity index (χ3v) is 13.6. The molecule has 398 valence electrons. The second-order valence-electron chi connectivity index (χ2n) is 20.4. The summed E-state index contributed by atoms with van der Waals surface area (Å²) in [5.74, 6) is -0.489. The van der Waals surface area contributed by atoms with Crippen molar-refractivity contribution in [2.75, 3.05) is 6.61 Å². The lowest BCUT2D eigenvalue weighted by molar-refractivity contribution is -0.151. The second-order valence-corrected chi connectivity index (χ2v) is 20.4. The minimum Gasteiger partial charge on any atom is -0.462 e. The molecule has 3 N–H and O–H groups in total. The fourth-order valence-corrected chi connectivity index (χ4v) is 9.08. The molecule has 0 aromatic heterocycles. The summed E-state index contributed by atoms with van der Waals surface area (Å²) in [7, 11) is 0. The zero-order chi connectivity index (χ0) is 49.5. The minimum atomic E-state index is -0.796. The number of rotatable bonds is 54. The van der Waals surface area contributed by atoms with Gasteiger partial charge in [-0.25, -0.2) is 0 Å². The van der Waals surface area contributed by atoms with Gasteiger partial charge in [0.2, 0.25) is 5.91 Å². The average Bonchev–Trinajstić information content (AvgIpc) is 3.33. The van der Waals surface area contributed by atoms with Gasteiger partial charge in [0.05, 0.1) is 25.2 Å². The molecule has 0 rings (SSSR count). The second kappa shape index (κ2) is 55.7. The Kier molecular flexibility index (Phi) is 54.0. The quantitative estimate of drug-likeness (QED) is 0.0321. The number of hydrogen-bond acceptors (Lipinski definition) is 5. The van der Waals surface area contributed by atoms with Crippen molar-refractivity contribution >= 4 is 11.9 Å². The topological polar surface area (TPSA) is 95.9 Å². The largest absolute Gasteiger partial charge is 0.462 e. The molecule has 0 aromatic rings. The summed E-state index contributed by atoms with van der Waals surface area (Å²) in [6, 6.07) is -0.711. The predicted molar refractivity (Wildman–Crippen MR) is 296 cm³/mol. The SMILES string of the molecule is CCCCC/C=C\C/C=C\C/C=C\CCCCCCC(CC(=O)NC(CO)C(O)CCCCCCCCCCCCCCCCCCC)OC(=O)CCCCCCCCC/C=C\CCCCCC. The Morgan fingerprint density at radius 3 is 1.19 bits per heavy atom. The van der Waals surface area contributed by atoms with E-state index in [1.807, 2.05) is 0 Å². The summed E-state index contributed by atoms with van der Waals surface area (Å²) in [4.78, 5) is 26.3. The molecule has 6 nitrogen and oxygen atoms in total. The van der Waals surface area contributed by atoms with Crippen LogP contribution in [-0.4, -0.2) is 46.9 Å². The highest BCUT2D eigenvalue weighted by atomic mass is 16.5. The summed E-state index contributed by atoms with van der Waals surface area (Å²) in [5.41, 5.74) is 0. The van der Waals surface area contributed by atoms with Crippen molar-refractivity contribution < 1.29 is 24.5 Å². The van der Waals surface area contributed by atoms with Crippen LogP contribution in [0, 0.1) is 0 Å². The van der Waals surface area contributed by atoms with Crippen LogP contribution in [0.2, 0.25) is 0 Å². The van der Waals surface area contributed by atoms with Crippen LogP contribution in [0.15, 0.2) is 48.6 Å². The van der Waals surface area contributed by atoms with Crippen molar-refractivity contribution in [3.63, 3.8) is 0 Å². The number of ether oxygens (including phenoxy) is 1. The molecule has 3 unspecified atom stereocenters. The van der Waals surface area contributed by atoms with Crippen LogP contribution in [0.4, 0.5) is 0 Å².